The number of anilines is 3. The molecule has 1 aromatic carbocycles. The van der Waals surface area contributed by atoms with Crippen molar-refractivity contribution in [3.8, 4) is 0 Å². The first kappa shape index (κ1) is 33.7. The zero-order chi connectivity index (χ0) is 31.8. The first-order valence-corrected chi connectivity index (χ1v) is 14.2. The van der Waals surface area contributed by atoms with E-state index < -0.39 is 23.3 Å². The van der Waals surface area contributed by atoms with Crippen LogP contribution >= 0.6 is 11.9 Å². The van der Waals surface area contributed by atoms with Crippen molar-refractivity contribution in [3.05, 3.63) is 65.0 Å². The lowest BCUT2D eigenvalue weighted by Gasteiger charge is -2.36. The van der Waals surface area contributed by atoms with Crippen LogP contribution < -0.4 is 10.2 Å². The second-order valence-corrected chi connectivity index (χ2v) is 11.1. The number of allylic oxidation sites excluding steroid dienone is 3. The van der Waals surface area contributed by atoms with Gasteiger partial charge in [-0.25, -0.2) is 14.8 Å². The highest BCUT2D eigenvalue weighted by Gasteiger charge is 2.35. The SMILES string of the molecule is C/C=C(CCc1nc(Nc2ccc(N3CCN(C(=O)OC(C)(C)C)CC3)cc2)ncc1C(F)(F)F)\C(=C/C)CC(=O)OCl. The number of halogens is 4. The number of nitrogens with zero attached hydrogens (tertiary/aromatic N) is 4. The fourth-order valence-electron chi connectivity index (χ4n) is 4.59. The molecule has 9 nitrogen and oxygen atoms in total. The number of aryl methyl sites for hydroxylation is 1. The van der Waals surface area contributed by atoms with Gasteiger partial charge in [0.05, 0.1) is 17.7 Å². The van der Waals surface area contributed by atoms with Gasteiger partial charge in [0.1, 0.15) is 17.5 Å². The number of hydrogen-bond donors (Lipinski definition) is 1. The van der Waals surface area contributed by atoms with Crippen LogP contribution in [0.4, 0.5) is 35.3 Å². The molecule has 0 aliphatic carbocycles. The molecule has 1 fully saturated rings. The maximum absolute atomic E-state index is 13.8. The van der Waals surface area contributed by atoms with Crippen LogP contribution in [0.15, 0.2) is 53.8 Å². The summed E-state index contributed by atoms with van der Waals surface area (Å²) < 4.78 is 51.0. The van der Waals surface area contributed by atoms with Crippen LogP contribution in [0.2, 0.25) is 0 Å². The van der Waals surface area contributed by atoms with Crippen LogP contribution in [0, 0.1) is 0 Å². The number of hydrogen-bond acceptors (Lipinski definition) is 8. The summed E-state index contributed by atoms with van der Waals surface area (Å²) in [6, 6.07) is 7.36. The highest BCUT2D eigenvalue weighted by Crippen LogP contribution is 2.33. The van der Waals surface area contributed by atoms with E-state index in [1.807, 2.05) is 32.9 Å². The fourth-order valence-corrected chi connectivity index (χ4v) is 4.64. The third-order valence-corrected chi connectivity index (χ3v) is 6.93. The van der Waals surface area contributed by atoms with Gasteiger partial charge in [-0.1, -0.05) is 12.2 Å². The number of rotatable bonds is 9. The van der Waals surface area contributed by atoms with Crippen LogP contribution in [0.1, 0.15) is 58.7 Å². The summed E-state index contributed by atoms with van der Waals surface area (Å²) in [5.41, 5.74) is 1.21. The van der Waals surface area contributed by atoms with Crippen LogP contribution in [-0.2, 0) is 26.4 Å². The molecule has 1 saturated heterocycles. The lowest BCUT2D eigenvalue weighted by atomic mass is 9.96. The van der Waals surface area contributed by atoms with Gasteiger partial charge in [-0.15, -0.1) is 0 Å². The van der Waals surface area contributed by atoms with E-state index in [-0.39, 0.29) is 37.0 Å². The van der Waals surface area contributed by atoms with Crippen LogP contribution in [0.3, 0.4) is 0 Å². The normalized spacial score (nSPS) is 14.9. The molecule has 0 unspecified atom stereocenters. The van der Waals surface area contributed by atoms with Gasteiger partial charge < -0.3 is 24.1 Å². The van der Waals surface area contributed by atoms with Gasteiger partial charge in [0.15, 0.2) is 0 Å². The van der Waals surface area contributed by atoms with Crippen LogP contribution in [0.25, 0.3) is 0 Å². The summed E-state index contributed by atoms with van der Waals surface area (Å²) in [5, 5.41) is 2.99. The number of ether oxygens (including phenoxy) is 1. The van der Waals surface area contributed by atoms with Gasteiger partial charge in [-0.3, -0.25) is 4.79 Å². The van der Waals surface area contributed by atoms with Crippen molar-refractivity contribution in [2.24, 2.45) is 0 Å². The lowest BCUT2D eigenvalue weighted by molar-refractivity contribution is -0.138. The molecule has 0 radical (unpaired) electrons. The molecule has 43 heavy (non-hydrogen) atoms. The number of aromatic nitrogens is 2. The van der Waals surface area contributed by atoms with Crippen LogP contribution in [0.5, 0.6) is 0 Å². The average molecular weight is 624 g/mol. The van der Waals surface area contributed by atoms with E-state index in [4.69, 9.17) is 16.6 Å². The maximum Gasteiger partial charge on any atom is 0.419 e. The van der Waals surface area contributed by atoms with E-state index in [2.05, 4.69) is 24.5 Å². The number of carbonyl (C=O) groups is 2. The second kappa shape index (κ2) is 14.6. The molecule has 1 aliphatic heterocycles. The Kier molecular flexibility index (Phi) is 11.4. The van der Waals surface area contributed by atoms with Gasteiger partial charge in [0.2, 0.25) is 5.95 Å². The van der Waals surface area contributed by atoms with Gasteiger partial charge in [0.25, 0.3) is 0 Å². The number of amides is 1. The molecular formula is C30H37ClF3N5O4. The molecule has 3 rings (SSSR count). The van der Waals surface area contributed by atoms with Crippen molar-refractivity contribution in [3.63, 3.8) is 0 Å². The van der Waals surface area contributed by atoms with Crippen molar-refractivity contribution < 1.29 is 31.8 Å². The van der Waals surface area contributed by atoms with E-state index in [0.717, 1.165) is 11.9 Å². The number of piperazine rings is 1. The monoisotopic (exact) mass is 623 g/mol. The molecule has 0 saturated carbocycles. The minimum absolute atomic E-state index is 0.0285. The third-order valence-electron chi connectivity index (χ3n) is 6.75. The summed E-state index contributed by atoms with van der Waals surface area (Å²) in [6.45, 7) is 11.3. The summed E-state index contributed by atoms with van der Waals surface area (Å²) >= 11 is 5.15. The molecule has 2 heterocycles. The Morgan fingerprint density at radius 3 is 2.19 bits per heavy atom. The van der Waals surface area contributed by atoms with Gasteiger partial charge in [-0.2, -0.15) is 13.2 Å². The summed E-state index contributed by atoms with van der Waals surface area (Å²) in [6.07, 6.45) is -0.672. The third kappa shape index (κ3) is 9.87. The molecule has 1 N–H and O–H groups in total. The van der Waals surface area contributed by atoms with Gasteiger partial charge in [-0.05, 0) is 82.9 Å². The van der Waals surface area contributed by atoms with E-state index >= 15 is 0 Å². The van der Waals surface area contributed by atoms with Crippen molar-refractivity contribution in [1.82, 2.24) is 14.9 Å². The summed E-state index contributed by atoms with van der Waals surface area (Å²) in [5.74, 6) is -0.631. The van der Waals surface area contributed by atoms with Crippen molar-refractivity contribution >= 4 is 41.3 Å². The standard InChI is InChI=1S/C30H37ClF3N5O4/c1-6-20(21(7-2)18-26(40)43-31)8-13-25-24(30(32,33)34)19-35-27(37-25)36-22-9-11-23(12-10-22)38-14-16-39(17-15-38)28(41)42-29(3,4)5/h6-7,9-12,19H,8,13-18H2,1-5H3,(H,35,36,37)/b20-6-,21-7-. The molecule has 1 aliphatic rings. The lowest BCUT2D eigenvalue weighted by Crippen LogP contribution is -2.50. The second-order valence-electron chi connectivity index (χ2n) is 10.9. The number of carbonyl (C=O) groups excluding carboxylic acids is 2. The van der Waals surface area contributed by atoms with Crippen molar-refractivity contribution in [1.29, 1.82) is 0 Å². The van der Waals surface area contributed by atoms with Gasteiger partial charge >= 0.3 is 18.2 Å². The molecule has 1 aromatic heterocycles. The Bertz CT molecular complexity index is 1330. The number of nitrogens with one attached hydrogen (secondary N) is 1. The largest absolute Gasteiger partial charge is 0.444 e. The predicted octanol–water partition coefficient (Wildman–Crippen LogP) is 7.21. The molecule has 0 spiro atoms. The summed E-state index contributed by atoms with van der Waals surface area (Å²) in [4.78, 5) is 35.9. The minimum Gasteiger partial charge on any atom is -0.444 e. The molecular weight excluding hydrogens is 587 g/mol. The Hall–Kier alpha value is -3.80. The molecule has 0 atom stereocenters. The molecule has 2 aromatic rings. The van der Waals surface area contributed by atoms with Crippen molar-refractivity contribution in [2.45, 2.75) is 65.7 Å². The molecule has 234 valence electrons. The Balaban J connectivity index is 1.68. The molecule has 1 amide bonds. The van der Waals surface area contributed by atoms with E-state index in [0.29, 0.717) is 43.0 Å². The average Bonchev–Trinajstić information content (AvgIpc) is 2.95. The minimum atomic E-state index is -4.63. The fraction of sp³-hybridized carbons (Fsp3) is 0.467. The van der Waals surface area contributed by atoms with E-state index in [9.17, 15) is 22.8 Å². The Morgan fingerprint density at radius 2 is 1.65 bits per heavy atom. The zero-order valence-corrected chi connectivity index (χ0v) is 25.7. The first-order chi connectivity index (χ1) is 20.2. The number of alkyl halides is 3. The van der Waals surface area contributed by atoms with E-state index in [1.165, 1.54) is 0 Å². The highest BCUT2D eigenvalue weighted by molar-refractivity contribution is 6.13. The smallest absolute Gasteiger partial charge is 0.419 e. The van der Waals surface area contributed by atoms with Crippen molar-refractivity contribution in [2.75, 3.05) is 36.4 Å². The van der Waals surface area contributed by atoms with E-state index in [1.54, 1.807) is 43.0 Å². The number of benzene rings is 1. The molecule has 0 bridgehead atoms. The summed E-state index contributed by atoms with van der Waals surface area (Å²) in [7, 11) is 0. The topological polar surface area (TPSA) is 96.9 Å². The highest BCUT2D eigenvalue weighted by atomic mass is 35.5. The maximum atomic E-state index is 13.8. The zero-order valence-electron chi connectivity index (χ0n) is 24.9. The van der Waals surface area contributed by atoms with Gasteiger partial charge in [0, 0.05) is 43.8 Å². The quantitative estimate of drug-likeness (QED) is 0.293. The Morgan fingerprint density at radius 1 is 1.02 bits per heavy atom. The molecule has 13 heteroatoms. The predicted molar refractivity (Wildman–Crippen MR) is 159 cm³/mol. The first-order valence-electron chi connectivity index (χ1n) is 13.9. The Labute approximate surface area is 254 Å². The van der Waals surface area contributed by atoms with Crippen LogP contribution in [-0.4, -0.2) is 58.7 Å².